The van der Waals surface area contributed by atoms with Crippen molar-refractivity contribution in [1.82, 2.24) is 14.5 Å². The number of pyridine rings is 1. The average Bonchev–Trinajstić information content (AvgIpc) is 3.37. The molecule has 1 amide bonds. The lowest BCUT2D eigenvalue weighted by molar-refractivity contribution is 0.0663. The number of aliphatic hydroxyl groups is 1. The van der Waals surface area contributed by atoms with E-state index in [1.54, 1.807) is 17.3 Å². The highest BCUT2D eigenvalue weighted by Gasteiger charge is 2.30. The molecule has 1 saturated heterocycles. The van der Waals surface area contributed by atoms with Gasteiger partial charge in [0.1, 0.15) is 5.69 Å². The number of amides is 1. The first-order chi connectivity index (χ1) is 11.7. The van der Waals surface area contributed by atoms with Crippen LogP contribution in [0.15, 0.2) is 42.9 Å². The molecule has 1 N–H and O–H groups in total. The molecule has 1 aliphatic heterocycles. The average molecular weight is 326 g/mol. The van der Waals surface area contributed by atoms with Crippen molar-refractivity contribution in [2.45, 2.75) is 25.0 Å². The molecule has 4 rings (SSSR count). The Balaban J connectivity index is 1.50. The van der Waals surface area contributed by atoms with Crippen molar-refractivity contribution in [3.05, 3.63) is 48.5 Å². The van der Waals surface area contributed by atoms with E-state index in [1.807, 2.05) is 30.5 Å². The lowest BCUT2D eigenvalue weighted by Gasteiger charge is -2.23. The quantitative estimate of drug-likeness (QED) is 0.929. The minimum absolute atomic E-state index is 0.0162. The molecule has 0 spiro atoms. The molecular weight excluding hydrogens is 304 g/mol. The Bertz CT molecular complexity index is 711. The van der Waals surface area contributed by atoms with Crippen LogP contribution in [0.2, 0.25) is 0 Å². The zero-order valence-electron chi connectivity index (χ0n) is 13.6. The summed E-state index contributed by atoms with van der Waals surface area (Å²) in [6, 6.07) is 8.16. The Hall–Kier alpha value is -2.34. The highest BCUT2D eigenvalue weighted by atomic mass is 16.3. The fourth-order valence-electron chi connectivity index (χ4n) is 3.37. The Labute approximate surface area is 141 Å². The highest BCUT2D eigenvalue weighted by molar-refractivity contribution is 5.93. The van der Waals surface area contributed by atoms with E-state index < -0.39 is 6.10 Å². The number of aliphatic hydroxyl groups excluding tert-OH is 1. The summed E-state index contributed by atoms with van der Waals surface area (Å²) in [5.74, 6) is 0.0162. The molecule has 6 nitrogen and oxygen atoms in total. The van der Waals surface area contributed by atoms with Crippen molar-refractivity contribution < 1.29 is 9.90 Å². The molecule has 0 unspecified atom stereocenters. The largest absolute Gasteiger partial charge is 0.389 e. The highest BCUT2D eigenvalue weighted by Crippen LogP contribution is 2.36. The minimum atomic E-state index is -0.561. The normalized spacial score (nSPS) is 21.6. The number of nitrogens with zero attached hydrogens (tertiary/aromatic N) is 4. The van der Waals surface area contributed by atoms with Crippen LogP contribution in [0, 0.1) is 0 Å². The number of carbonyl (C=O) groups is 1. The molecule has 126 valence electrons. The zero-order valence-corrected chi connectivity index (χ0v) is 13.6. The van der Waals surface area contributed by atoms with E-state index in [2.05, 4.69) is 14.5 Å². The molecule has 3 heterocycles. The molecule has 0 radical (unpaired) electrons. The van der Waals surface area contributed by atoms with E-state index in [-0.39, 0.29) is 5.91 Å². The summed E-state index contributed by atoms with van der Waals surface area (Å²) in [5.41, 5.74) is 1.77. The zero-order chi connectivity index (χ0) is 16.5. The lowest BCUT2D eigenvalue weighted by Crippen LogP contribution is -2.38. The molecule has 1 atom stereocenters. The molecule has 2 aromatic rings. The Kier molecular flexibility index (Phi) is 3.98. The van der Waals surface area contributed by atoms with Crippen LogP contribution < -0.4 is 4.90 Å². The van der Waals surface area contributed by atoms with Crippen molar-refractivity contribution in [3.63, 3.8) is 0 Å². The van der Waals surface area contributed by atoms with Crippen molar-refractivity contribution >= 4 is 11.6 Å². The van der Waals surface area contributed by atoms with E-state index in [1.165, 1.54) is 0 Å². The lowest BCUT2D eigenvalue weighted by atomic mass is 10.3. The van der Waals surface area contributed by atoms with Crippen molar-refractivity contribution in [2.75, 3.05) is 31.1 Å². The predicted molar refractivity (Wildman–Crippen MR) is 91.1 cm³/mol. The van der Waals surface area contributed by atoms with Crippen molar-refractivity contribution in [3.8, 4) is 0 Å². The van der Waals surface area contributed by atoms with Crippen LogP contribution in [0.5, 0.6) is 0 Å². The maximum absolute atomic E-state index is 12.9. The van der Waals surface area contributed by atoms with Gasteiger partial charge in [0.15, 0.2) is 0 Å². The maximum atomic E-state index is 12.9. The molecular formula is C18H22N4O2. The van der Waals surface area contributed by atoms with E-state index >= 15 is 0 Å². The number of aromatic nitrogens is 2. The van der Waals surface area contributed by atoms with Gasteiger partial charge >= 0.3 is 0 Å². The first-order valence-corrected chi connectivity index (χ1v) is 8.51. The number of carbonyl (C=O) groups excluding carboxylic acids is 1. The first kappa shape index (κ1) is 15.2. The monoisotopic (exact) mass is 326 g/mol. The van der Waals surface area contributed by atoms with Gasteiger partial charge in [0.05, 0.1) is 6.10 Å². The van der Waals surface area contributed by atoms with Crippen molar-refractivity contribution in [1.29, 1.82) is 0 Å². The first-order valence-electron chi connectivity index (χ1n) is 8.51. The van der Waals surface area contributed by atoms with Crippen LogP contribution in [-0.4, -0.2) is 57.7 Å². The number of hydrogen-bond donors (Lipinski definition) is 1. The standard InChI is InChI=1S/C18H22N4O2/c23-16-12-20(14-5-7-19-8-6-14)10-11-21(13-16)18(24)17-2-1-9-22(17)15-3-4-15/h1-2,5-9,15-16,23H,3-4,10-13H2/t16-/m0/s1. The van der Waals surface area contributed by atoms with Crippen LogP contribution in [0.3, 0.4) is 0 Å². The number of rotatable bonds is 3. The molecule has 1 saturated carbocycles. The molecule has 2 aromatic heterocycles. The Morgan fingerprint density at radius 3 is 2.67 bits per heavy atom. The number of anilines is 1. The van der Waals surface area contributed by atoms with Crippen LogP contribution in [0.25, 0.3) is 0 Å². The van der Waals surface area contributed by atoms with E-state index in [0.717, 1.165) is 24.2 Å². The third-order valence-electron chi connectivity index (χ3n) is 4.76. The van der Waals surface area contributed by atoms with E-state index in [4.69, 9.17) is 0 Å². The molecule has 0 bridgehead atoms. The van der Waals surface area contributed by atoms with Crippen LogP contribution in [0.1, 0.15) is 29.4 Å². The summed E-state index contributed by atoms with van der Waals surface area (Å²) in [6.45, 7) is 2.21. The van der Waals surface area contributed by atoms with Gasteiger partial charge in [0.2, 0.25) is 0 Å². The molecule has 6 heteroatoms. The molecule has 0 aromatic carbocycles. The van der Waals surface area contributed by atoms with E-state index in [9.17, 15) is 9.90 Å². The van der Waals surface area contributed by atoms with Crippen LogP contribution >= 0.6 is 0 Å². The van der Waals surface area contributed by atoms with Gasteiger partial charge in [-0.05, 0) is 37.1 Å². The van der Waals surface area contributed by atoms with Gasteiger partial charge in [-0.2, -0.15) is 0 Å². The third kappa shape index (κ3) is 3.01. The van der Waals surface area contributed by atoms with Gasteiger partial charge in [-0.3, -0.25) is 9.78 Å². The minimum Gasteiger partial charge on any atom is -0.389 e. The van der Waals surface area contributed by atoms with E-state index in [0.29, 0.717) is 32.2 Å². The summed E-state index contributed by atoms with van der Waals surface area (Å²) >= 11 is 0. The maximum Gasteiger partial charge on any atom is 0.270 e. The molecule has 24 heavy (non-hydrogen) atoms. The van der Waals surface area contributed by atoms with Gasteiger partial charge in [-0.15, -0.1) is 0 Å². The SMILES string of the molecule is O=C(c1cccn1C1CC1)N1CCN(c2ccncc2)C[C@H](O)C1. The molecule has 1 aliphatic carbocycles. The number of β-amino-alcohol motifs (C(OH)–C–C–N with tert-alkyl or cyclic N) is 1. The fraction of sp³-hybridized carbons (Fsp3) is 0.444. The summed E-state index contributed by atoms with van der Waals surface area (Å²) in [5, 5.41) is 10.4. The van der Waals surface area contributed by atoms with Crippen molar-refractivity contribution in [2.24, 2.45) is 0 Å². The fourth-order valence-corrected chi connectivity index (χ4v) is 3.37. The third-order valence-corrected chi connectivity index (χ3v) is 4.76. The van der Waals surface area contributed by atoms with Crippen LogP contribution in [-0.2, 0) is 0 Å². The van der Waals surface area contributed by atoms with Gasteiger partial charge in [-0.1, -0.05) is 0 Å². The predicted octanol–water partition coefficient (Wildman–Crippen LogP) is 1.54. The second-order valence-corrected chi connectivity index (χ2v) is 6.59. The summed E-state index contributed by atoms with van der Waals surface area (Å²) in [6.07, 6.45) is 7.22. The second-order valence-electron chi connectivity index (χ2n) is 6.59. The second kappa shape index (κ2) is 6.28. The van der Waals surface area contributed by atoms with Gasteiger partial charge in [0, 0.05) is 56.5 Å². The number of hydrogen-bond acceptors (Lipinski definition) is 4. The van der Waals surface area contributed by atoms with Crippen LogP contribution in [0.4, 0.5) is 5.69 Å². The van der Waals surface area contributed by atoms with Gasteiger partial charge in [-0.25, -0.2) is 0 Å². The summed E-state index contributed by atoms with van der Waals surface area (Å²) in [4.78, 5) is 20.8. The Morgan fingerprint density at radius 2 is 1.92 bits per heavy atom. The molecule has 2 aliphatic rings. The summed E-state index contributed by atoms with van der Waals surface area (Å²) in [7, 11) is 0. The van der Waals surface area contributed by atoms with Gasteiger partial charge < -0.3 is 19.5 Å². The summed E-state index contributed by atoms with van der Waals surface area (Å²) < 4.78 is 2.08. The molecule has 2 fully saturated rings. The van der Waals surface area contributed by atoms with Gasteiger partial charge in [0.25, 0.3) is 5.91 Å². The Morgan fingerprint density at radius 1 is 1.12 bits per heavy atom. The smallest absolute Gasteiger partial charge is 0.270 e. The topological polar surface area (TPSA) is 61.6 Å².